The minimum absolute atomic E-state index is 0.0146. The molecule has 4 heterocycles. The molecule has 1 saturated heterocycles. The predicted molar refractivity (Wildman–Crippen MR) is 517 cm³/mol. The number of hydrogen-bond acceptors (Lipinski definition) is 15. The zero-order chi connectivity index (χ0) is 93.6. The number of aromatic carboxylic acids is 3. The Morgan fingerprint density at radius 3 is 0.841 bits per heavy atom. The summed E-state index contributed by atoms with van der Waals surface area (Å²) in [7, 11) is -0.0585. The highest BCUT2D eigenvalue weighted by atomic mass is 127. The molecule has 2 N–H and O–H groups in total. The molecule has 0 bridgehead atoms. The molecular weight excluding hydrogens is 1830 g/mol. The molecule has 0 amide bonds. The average Bonchev–Trinajstić information content (AvgIpc) is 1.03. The van der Waals surface area contributed by atoms with Gasteiger partial charge in [0.25, 0.3) is 22.6 Å². The first-order valence-electron chi connectivity index (χ1n) is 42.3. The average molecular weight is 1940 g/mol. The van der Waals surface area contributed by atoms with Crippen LogP contribution in [0.25, 0.3) is 0 Å². The van der Waals surface area contributed by atoms with Crippen LogP contribution < -0.4 is 48.3 Å². The molecule has 132 heavy (non-hydrogen) atoms. The Kier molecular flexibility index (Phi) is 44.7. The van der Waals surface area contributed by atoms with Gasteiger partial charge in [-0.25, -0.2) is 14.8 Å². The molecule has 13 aromatic carbocycles. The smallest absolute Gasteiger partial charge is 0.338 e. The zero-order valence-corrected chi connectivity index (χ0v) is 78.8. The summed E-state index contributed by atoms with van der Waals surface area (Å²) in [6, 6.07) is 140. The second-order valence-corrected chi connectivity index (χ2v) is 38.5. The quantitative estimate of drug-likeness (QED) is 0.0562. The van der Waals surface area contributed by atoms with Gasteiger partial charge in [0.1, 0.15) is 12.0 Å². The minimum atomic E-state index is -1.30. The van der Waals surface area contributed by atoms with Gasteiger partial charge in [-0.15, -0.1) is 0 Å². The fraction of sp³-hybridized carbons (Fsp3) is 0.0991. The van der Waals surface area contributed by atoms with Crippen molar-refractivity contribution >= 4 is 73.4 Å². The van der Waals surface area contributed by atoms with Gasteiger partial charge < -0.3 is 50.0 Å². The van der Waals surface area contributed by atoms with Crippen molar-refractivity contribution in [1.82, 2.24) is 30.2 Å². The first kappa shape index (κ1) is 102. The van der Waals surface area contributed by atoms with Gasteiger partial charge in [0.05, 0.1) is 73.2 Å². The van der Waals surface area contributed by atoms with Crippen molar-refractivity contribution < 1.29 is 72.1 Å². The molecule has 21 heteroatoms. The number of rotatable bonds is 19. The lowest BCUT2D eigenvalue weighted by Gasteiger charge is -2.22. The summed E-state index contributed by atoms with van der Waals surface area (Å²) in [5.41, 5.74) is 2.14. The van der Waals surface area contributed by atoms with Crippen LogP contribution in [-0.2, 0) is 58.6 Å². The molecule has 1 fully saturated rings. The third-order valence-corrected chi connectivity index (χ3v) is 29.1. The van der Waals surface area contributed by atoms with E-state index in [0.717, 1.165) is 38.5 Å². The minimum Gasteiger partial charge on any atom is -0.550 e. The van der Waals surface area contributed by atoms with Crippen molar-refractivity contribution in [3.63, 3.8) is 0 Å². The van der Waals surface area contributed by atoms with Crippen LogP contribution in [0, 0.1) is 9.49 Å². The van der Waals surface area contributed by atoms with Crippen molar-refractivity contribution in [2.45, 2.75) is 111 Å². The maximum atomic E-state index is 10.2. The number of aromatic nitrogens is 5. The van der Waals surface area contributed by atoms with E-state index in [2.05, 4.69) is 462 Å². The van der Waals surface area contributed by atoms with Gasteiger partial charge in [0.15, 0.2) is 62.3 Å². The van der Waals surface area contributed by atoms with E-state index in [1.807, 2.05) is 0 Å². The predicted octanol–water partition coefficient (Wildman–Crippen LogP) is 15.8. The van der Waals surface area contributed by atoms with Crippen molar-refractivity contribution in [1.29, 1.82) is 0 Å². The Hall–Kier alpha value is -13.9. The highest BCUT2D eigenvalue weighted by Gasteiger charge is 2.32. The number of nitrogens with zero attached hydrogens (tertiary/aromatic N) is 5. The number of benzene rings is 13. The summed E-state index contributed by atoms with van der Waals surface area (Å²) < 4.78 is 1.35. The summed E-state index contributed by atoms with van der Waals surface area (Å²) in [6.07, 6.45) is 18.7. The Morgan fingerprint density at radius 1 is 0.364 bits per heavy atom. The molecule has 0 radical (unpaired) electrons. The zero-order valence-electron chi connectivity index (χ0n) is 73.2. The van der Waals surface area contributed by atoms with E-state index in [1.54, 1.807) is 24.3 Å². The summed E-state index contributed by atoms with van der Waals surface area (Å²) in [5, 5.41) is 51.6. The van der Waals surface area contributed by atoms with E-state index >= 15 is 0 Å². The third-order valence-electron chi connectivity index (χ3n) is 19.4. The number of aliphatic carboxylic acids is 2. The number of nitrogens with one attached hydrogen (secondary N) is 1. The Bertz CT molecular complexity index is 5040. The molecule has 18 rings (SSSR count). The van der Waals surface area contributed by atoms with Crippen molar-refractivity contribution in [2.75, 3.05) is 13.1 Å². The van der Waals surface area contributed by atoms with Crippen LogP contribution >= 0.6 is 0 Å². The van der Waals surface area contributed by atoms with E-state index < -0.39 is 29.8 Å². The van der Waals surface area contributed by atoms with Gasteiger partial charge in [-0.3, -0.25) is 15.0 Å². The van der Waals surface area contributed by atoms with Gasteiger partial charge in [0, 0.05) is 54.6 Å². The number of carboxylic acid groups (broad SMARTS) is 5. The first-order chi connectivity index (χ1) is 64.4. The second kappa shape index (κ2) is 57.9. The Labute approximate surface area is 798 Å². The lowest BCUT2D eigenvalue weighted by Crippen LogP contribution is -3.34. The summed E-state index contributed by atoms with van der Waals surface area (Å²) in [6.45, 7) is 8.45. The monoisotopic (exact) mass is 1930 g/mol. The van der Waals surface area contributed by atoms with Crippen LogP contribution in [0.5, 0.6) is 0 Å². The molecule has 666 valence electrons. The van der Waals surface area contributed by atoms with Crippen molar-refractivity contribution in [3.05, 3.63) is 500 Å². The number of carboxylic acids is 5. The van der Waals surface area contributed by atoms with E-state index in [0.29, 0.717) is 11.0 Å². The number of carbonyl (C=O) groups excluding carboxylic acids is 4. The molecule has 16 nitrogen and oxygen atoms in total. The van der Waals surface area contributed by atoms with Crippen LogP contribution in [0.2, 0.25) is 0 Å². The van der Waals surface area contributed by atoms with Crippen LogP contribution in [0.3, 0.4) is 0 Å². The Balaban J connectivity index is 0.000000168. The van der Waals surface area contributed by atoms with Crippen molar-refractivity contribution in [3.8, 4) is 0 Å². The fourth-order valence-electron chi connectivity index (χ4n) is 12.4. The van der Waals surface area contributed by atoms with Crippen LogP contribution in [0.4, 0.5) is 0 Å². The lowest BCUT2D eigenvalue weighted by molar-refractivity contribution is -0.328. The standard InChI is InChI=1S/4C18H15S.C11H16I.C6H11NO2.C6H5NO2.C6H6O2.2C5H4N2O2/c4*1-4-10-16(11-5-1)19(17-12-6-2-7-13-17)18-14-8-3-9-15-18;1-4-11(2,3)9-5-7-10(12)8-6-9;8-6(9)5-1-3-7-4-2-5;8-6(9)5-2-1-3-7-4-5;7-6(8)5-3-1-2-4-5;8-5(9)4-1-6-3-7-2-4;8-5(9)4-3-6-1-2-7-4/h4*1-15H;5-8,12H,4H2,1-3H3;5,7H,1-4H2,(H,8,9);1-4H,(H,8,9);1,3-4H,2H2,(H,7,8);2*1-3H,(H,8,9)/q5*+1;;;;;/p-4. The number of piperidine rings is 1. The number of hydrogen-bond donors (Lipinski definition) is 2. The van der Waals surface area contributed by atoms with E-state index in [1.165, 1.54) is 124 Å². The summed E-state index contributed by atoms with van der Waals surface area (Å²) in [4.78, 5) is 84.3. The third kappa shape index (κ3) is 35.5. The summed E-state index contributed by atoms with van der Waals surface area (Å²) in [5.74, 6) is -5.68. The van der Waals surface area contributed by atoms with E-state index in [-0.39, 0.29) is 66.3 Å². The molecule has 1 aliphatic carbocycles. The van der Waals surface area contributed by atoms with Crippen LogP contribution in [0.15, 0.2) is 533 Å². The number of halogens is 1. The largest absolute Gasteiger partial charge is 0.550 e. The topological polar surface area (TPSA) is 274 Å². The SMILES string of the molecule is CCC(C)(C)c1ccc([IH+])cc1.O=C(O)c1cncnc1.O=C([O-])C1=CCC=C1.O=C([O-])C1CCNCC1.O=C([O-])c1cccnc1.O=C([O-])c1cnccn1.c1ccc([S+](c2ccccc2)c2ccccc2)cc1.c1ccc([S+](c2ccccc2)c2ccccc2)cc1.c1ccc([S+](c2ccccc2)c2ccccc2)cc1.c1ccc([S+](c2ccccc2)c2ccccc2)cc1. The summed E-state index contributed by atoms with van der Waals surface area (Å²) >= 11 is 2.06. The highest BCUT2D eigenvalue weighted by molar-refractivity contribution is 7.98. The normalized spacial score (nSPS) is 11.4. The fourth-order valence-corrected chi connectivity index (χ4v) is 21.2. The molecule has 3 aromatic heterocycles. The molecule has 2 aliphatic rings. The van der Waals surface area contributed by atoms with E-state index in [4.69, 9.17) is 5.11 Å². The number of allylic oxidation sites excluding steroid dienone is 2. The van der Waals surface area contributed by atoms with Gasteiger partial charge in [-0.05, 0) is 219 Å². The molecule has 0 spiro atoms. The lowest BCUT2D eigenvalue weighted by atomic mass is 9.82. The Morgan fingerprint density at radius 2 is 0.659 bits per heavy atom. The van der Waals surface area contributed by atoms with Crippen LogP contribution in [0.1, 0.15) is 83.2 Å². The maximum absolute atomic E-state index is 10.2. The molecular formula is C111H102IN6O10S4+. The molecule has 0 atom stereocenters. The maximum Gasteiger partial charge on any atom is 0.338 e. The first-order valence-corrected chi connectivity index (χ1v) is 48.4. The second-order valence-electron chi connectivity index (χ2n) is 29.0. The molecule has 0 saturated carbocycles. The van der Waals surface area contributed by atoms with Gasteiger partial charge in [-0.1, -0.05) is 276 Å². The molecule has 16 aromatic rings. The highest BCUT2D eigenvalue weighted by Crippen LogP contribution is 2.35. The van der Waals surface area contributed by atoms with Crippen LogP contribution in [-0.4, -0.2) is 73.0 Å². The van der Waals surface area contributed by atoms with Gasteiger partial charge in [-0.2, -0.15) is 0 Å². The molecule has 1 aliphatic heterocycles. The van der Waals surface area contributed by atoms with Crippen molar-refractivity contribution in [2.24, 2.45) is 5.92 Å². The number of carbonyl (C=O) groups is 5. The van der Waals surface area contributed by atoms with E-state index in [9.17, 15) is 44.4 Å². The number of pyridine rings is 1. The van der Waals surface area contributed by atoms with Gasteiger partial charge >= 0.3 is 5.97 Å². The van der Waals surface area contributed by atoms with Gasteiger partial charge in [0.2, 0.25) is 0 Å². The molecule has 0 unspecified atom stereocenters.